The van der Waals surface area contributed by atoms with E-state index in [0.717, 1.165) is 28.3 Å². The molecule has 0 bridgehead atoms. The molecule has 2 aromatic carbocycles. The first-order chi connectivity index (χ1) is 11.6. The van der Waals surface area contributed by atoms with Crippen molar-refractivity contribution in [2.75, 3.05) is 19.0 Å². The summed E-state index contributed by atoms with van der Waals surface area (Å²) < 4.78 is 1.73. The van der Waals surface area contributed by atoms with Crippen molar-refractivity contribution in [1.82, 2.24) is 9.78 Å². The number of hydrogen-bond donors (Lipinski definition) is 0. The van der Waals surface area contributed by atoms with E-state index in [0.29, 0.717) is 5.15 Å². The Kier molecular flexibility index (Phi) is 4.67. The lowest BCUT2D eigenvalue weighted by Crippen LogP contribution is -2.07. The van der Waals surface area contributed by atoms with Crippen LogP contribution in [0, 0.1) is 6.92 Å². The Bertz CT molecular complexity index is 849. The minimum atomic E-state index is 0.562. The fourth-order valence-electron chi connectivity index (χ4n) is 2.37. The Labute approximate surface area is 147 Å². The summed E-state index contributed by atoms with van der Waals surface area (Å²) in [6.45, 7) is 1.93. The standard InChI is InChI=1S/C19H19ClN4/c1-14-18(13-21-15-9-11-16(12-10-15)23(2)3)19(20)24(22-14)17-7-5-4-6-8-17/h4-13H,1-3H3. The smallest absolute Gasteiger partial charge is 0.141 e. The topological polar surface area (TPSA) is 33.4 Å². The maximum atomic E-state index is 6.50. The number of halogens is 1. The normalized spacial score (nSPS) is 11.2. The van der Waals surface area contributed by atoms with Crippen LogP contribution in [0.1, 0.15) is 11.3 Å². The molecule has 0 saturated heterocycles. The van der Waals surface area contributed by atoms with E-state index in [1.807, 2.05) is 75.6 Å². The van der Waals surface area contributed by atoms with Crippen LogP contribution in [-0.2, 0) is 0 Å². The number of rotatable bonds is 4. The minimum Gasteiger partial charge on any atom is -0.378 e. The highest BCUT2D eigenvalue weighted by atomic mass is 35.5. The van der Waals surface area contributed by atoms with E-state index in [9.17, 15) is 0 Å². The summed E-state index contributed by atoms with van der Waals surface area (Å²) in [4.78, 5) is 6.58. The zero-order valence-electron chi connectivity index (χ0n) is 13.9. The lowest BCUT2D eigenvalue weighted by Gasteiger charge is -2.11. The van der Waals surface area contributed by atoms with Crippen LogP contribution < -0.4 is 4.90 Å². The molecule has 0 N–H and O–H groups in total. The summed E-state index contributed by atoms with van der Waals surface area (Å²) in [5.74, 6) is 0. The summed E-state index contributed by atoms with van der Waals surface area (Å²) in [5.41, 5.74) is 4.62. The Morgan fingerprint density at radius 2 is 1.71 bits per heavy atom. The molecule has 5 heteroatoms. The zero-order chi connectivity index (χ0) is 17.1. The van der Waals surface area contributed by atoms with Gasteiger partial charge in [0.25, 0.3) is 0 Å². The Morgan fingerprint density at radius 1 is 1.04 bits per heavy atom. The van der Waals surface area contributed by atoms with Gasteiger partial charge in [0.2, 0.25) is 0 Å². The number of aromatic nitrogens is 2. The molecule has 0 aliphatic carbocycles. The van der Waals surface area contributed by atoms with Crippen LogP contribution in [0.4, 0.5) is 11.4 Å². The summed E-state index contributed by atoms with van der Waals surface area (Å²) >= 11 is 6.50. The highest BCUT2D eigenvalue weighted by Gasteiger charge is 2.12. The number of benzene rings is 2. The number of hydrogen-bond acceptors (Lipinski definition) is 3. The van der Waals surface area contributed by atoms with E-state index >= 15 is 0 Å². The monoisotopic (exact) mass is 338 g/mol. The van der Waals surface area contributed by atoms with Crippen molar-refractivity contribution >= 4 is 29.2 Å². The van der Waals surface area contributed by atoms with Gasteiger partial charge in [-0.05, 0) is 43.3 Å². The largest absolute Gasteiger partial charge is 0.378 e. The molecule has 0 saturated carbocycles. The van der Waals surface area contributed by atoms with Crippen molar-refractivity contribution in [1.29, 1.82) is 0 Å². The molecule has 0 unspecified atom stereocenters. The van der Waals surface area contributed by atoms with Crippen LogP contribution in [0.2, 0.25) is 5.15 Å². The molecular weight excluding hydrogens is 320 g/mol. The molecule has 1 aromatic heterocycles. The average molecular weight is 339 g/mol. The van der Waals surface area contributed by atoms with E-state index in [1.54, 1.807) is 10.9 Å². The van der Waals surface area contributed by atoms with Crippen LogP contribution in [0.25, 0.3) is 5.69 Å². The van der Waals surface area contributed by atoms with E-state index in [1.165, 1.54) is 0 Å². The second kappa shape index (κ2) is 6.89. The molecule has 0 spiro atoms. The van der Waals surface area contributed by atoms with Gasteiger partial charge in [-0.1, -0.05) is 29.8 Å². The highest BCUT2D eigenvalue weighted by molar-refractivity contribution is 6.32. The SMILES string of the molecule is Cc1nn(-c2ccccc2)c(Cl)c1C=Nc1ccc(N(C)C)cc1. The highest BCUT2D eigenvalue weighted by Crippen LogP contribution is 2.23. The van der Waals surface area contributed by atoms with Gasteiger partial charge in [0.1, 0.15) is 5.15 Å². The molecule has 0 radical (unpaired) electrons. The number of aliphatic imine (C=N–C) groups is 1. The summed E-state index contributed by atoms with van der Waals surface area (Å²) in [6.07, 6.45) is 1.77. The summed E-state index contributed by atoms with van der Waals surface area (Å²) in [5, 5.41) is 5.08. The van der Waals surface area contributed by atoms with E-state index < -0.39 is 0 Å². The molecule has 4 nitrogen and oxygen atoms in total. The first-order valence-electron chi connectivity index (χ1n) is 7.68. The molecule has 0 amide bonds. The number of aryl methyl sites for hydroxylation is 1. The van der Waals surface area contributed by atoms with Gasteiger partial charge in [0.15, 0.2) is 0 Å². The lowest BCUT2D eigenvalue weighted by molar-refractivity contribution is 0.863. The number of nitrogens with zero attached hydrogens (tertiary/aromatic N) is 4. The van der Waals surface area contributed by atoms with Crippen LogP contribution >= 0.6 is 11.6 Å². The third-order valence-corrected chi connectivity index (χ3v) is 4.12. The Morgan fingerprint density at radius 3 is 2.33 bits per heavy atom. The molecule has 122 valence electrons. The van der Waals surface area contributed by atoms with Crippen molar-refractivity contribution in [2.24, 2.45) is 4.99 Å². The molecular formula is C19H19ClN4. The first-order valence-corrected chi connectivity index (χ1v) is 8.06. The third-order valence-electron chi connectivity index (χ3n) is 3.76. The van der Waals surface area contributed by atoms with E-state index in [2.05, 4.69) is 15.0 Å². The molecule has 0 aliphatic heterocycles. The van der Waals surface area contributed by atoms with Crippen LogP contribution in [0.3, 0.4) is 0 Å². The van der Waals surface area contributed by atoms with Gasteiger partial charge in [-0.25, -0.2) is 4.68 Å². The van der Waals surface area contributed by atoms with E-state index in [-0.39, 0.29) is 0 Å². The average Bonchev–Trinajstić information content (AvgIpc) is 2.88. The zero-order valence-corrected chi connectivity index (χ0v) is 14.7. The van der Waals surface area contributed by atoms with Gasteiger partial charge in [-0.2, -0.15) is 5.10 Å². The van der Waals surface area contributed by atoms with Crippen molar-refractivity contribution in [3.8, 4) is 5.69 Å². The van der Waals surface area contributed by atoms with Crippen LogP contribution in [0.5, 0.6) is 0 Å². The predicted molar refractivity (Wildman–Crippen MR) is 101 cm³/mol. The molecule has 24 heavy (non-hydrogen) atoms. The van der Waals surface area contributed by atoms with Gasteiger partial charge < -0.3 is 4.90 Å². The Hall–Kier alpha value is -2.59. The molecule has 0 fully saturated rings. The fourth-order valence-corrected chi connectivity index (χ4v) is 2.69. The third kappa shape index (κ3) is 3.34. The quantitative estimate of drug-likeness (QED) is 0.649. The number of anilines is 1. The van der Waals surface area contributed by atoms with Gasteiger partial charge in [0, 0.05) is 26.0 Å². The van der Waals surface area contributed by atoms with Crippen LogP contribution in [-0.4, -0.2) is 30.1 Å². The summed E-state index contributed by atoms with van der Waals surface area (Å²) in [7, 11) is 4.03. The second-order valence-electron chi connectivity index (χ2n) is 5.71. The van der Waals surface area contributed by atoms with Crippen molar-refractivity contribution in [2.45, 2.75) is 6.92 Å². The fraction of sp³-hybridized carbons (Fsp3) is 0.158. The minimum absolute atomic E-state index is 0.562. The van der Waals surface area contributed by atoms with Gasteiger partial charge in [0.05, 0.1) is 22.6 Å². The van der Waals surface area contributed by atoms with Crippen molar-refractivity contribution < 1.29 is 0 Å². The maximum Gasteiger partial charge on any atom is 0.141 e. The first kappa shape index (κ1) is 16.3. The van der Waals surface area contributed by atoms with Crippen LogP contribution in [0.15, 0.2) is 59.6 Å². The van der Waals surface area contributed by atoms with Crippen molar-refractivity contribution in [3.05, 3.63) is 71.0 Å². The molecule has 3 aromatic rings. The number of para-hydroxylation sites is 1. The molecule has 1 heterocycles. The Balaban J connectivity index is 1.89. The molecule has 3 rings (SSSR count). The van der Waals surface area contributed by atoms with Gasteiger partial charge in [-0.15, -0.1) is 0 Å². The van der Waals surface area contributed by atoms with Gasteiger partial charge >= 0.3 is 0 Å². The lowest BCUT2D eigenvalue weighted by atomic mass is 10.2. The second-order valence-corrected chi connectivity index (χ2v) is 6.06. The van der Waals surface area contributed by atoms with Gasteiger partial charge in [-0.3, -0.25) is 4.99 Å². The van der Waals surface area contributed by atoms with Crippen molar-refractivity contribution in [3.63, 3.8) is 0 Å². The summed E-state index contributed by atoms with van der Waals surface area (Å²) in [6, 6.07) is 17.9. The van der Waals surface area contributed by atoms with E-state index in [4.69, 9.17) is 11.6 Å². The maximum absolute atomic E-state index is 6.50. The molecule has 0 aliphatic rings. The molecule has 0 atom stereocenters. The predicted octanol–water partition coefficient (Wildman–Crippen LogP) is 4.65.